The summed E-state index contributed by atoms with van der Waals surface area (Å²) in [5.74, 6) is 0.624. The Labute approximate surface area is 166 Å². The van der Waals surface area contributed by atoms with E-state index in [4.69, 9.17) is 4.74 Å². The molecule has 1 aliphatic heterocycles. The molecule has 1 aliphatic rings. The first-order valence-electron chi connectivity index (χ1n) is 9.50. The monoisotopic (exact) mass is 402 g/mol. The Bertz CT molecular complexity index is 935. The Morgan fingerprint density at radius 3 is 2.54 bits per heavy atom. The Balaban J connectivity index is 1.65. The van der Waals surface area contributed by atoms with Crippen molar-refractivity contribution in [2.75, 3.05) is 25.0 Å². The molecule has 1 amide bonds. The van der Waals surface area contributed by atoms with Crippen molar-refractivity contribution in [2.45, 2.75) is 37.5 Å². The van der Waals surface area contributed by atoms with Crippen LogP contribution in [0.25, 0.3) is 0 Å². The van der Waals surface area contributed by atoms with Gasteiger partial charge in [-0.25, -0.2) is 8.42 Å². The smallest absolute Gasteiger partial charge is 0.262 e. The minimum atomic E-state index is -3.52. The second kappa shape index (κ2) is 8.75. The van der Waals surface area contributed by atoms with Gasteiger partial charge in [-0.1, -0.05) is 38.1 Å². The number of benzene rings is 2. The summed E-state index contributed by atoms with van der Waals surface area (Å²) >= 11 is 0. The van der Waals surface area contributed by atoms with Crippen molar-refractivity contribution < 1.29 is 17.9 Å². The van der Waals surface area contributed by atoms with Gasteiger partial charge in [-0.05, 0) is 48.6 Å². The van der Waals surface area contributed by atoms with Gasteiger partial charge in [0.25, 0.3) is 5.91 Å². The lowest BCUT2D eigenvalue weighted by molar-refractivity contribution is -0.118. The summed E-state index contributed by atoms with van der Waals surface area (Å²) in [5.41, 5.74) is 1.47. The number of para-hydroxylation sites is 1. The van der Waals surface area contributed by atoms with Gasteiger partial charge in [0.1, 0.15) is 5.75 Å². The topological polar surface area (TPSA) is 75.7 Å². The van der Waals surface area contributed by atoms with E-state index < -0.39 is 10.0 Å². The molecule has 0 radical (unpaired) electrons. The summed E-state index contributed by atoms with van der Waals surface area (Å²) in [7, 11) is -3.52. The van der Waals surface area contributed by atoms with Crippen LogP contribution in [-0.2, 0) is 14.8 Å². The van der Waals surface area contributed by atoms with Crippen LogP contribution >= 0.6 is 0 Å². The highest BCUT2D eigenvalue weighted by Gasteiger charge is 2.27. The number of sulfonamides is 1. The molecule has 6 nitrogen and oxygen atoms in total. The summed E-state index contributed by atoms with van der Waals surface area (Å²) in [6.45, 7) is 5.07. The van der Waals surface area contributed by atoms with Crippen LogP contribution in [0.15, 0.2) is 53.4 Å². The van der Waals surface area contributed by atoms with Crippen LogP contribution in [0.3, 0.4) is 0 Å². The number of rotatable bonds is 7. The second-order valence-corrected chi connectivity index (χ2v) is 9.11. The number of carbonyl (C=O) groups excluding carboxylic acids is 1. The first-order valence-corrected chi connectivity index (χ1v) is 10.9. The zero-order chi connectivity index (χ0) is 20.1. The van der Waals surface area contributed by atoms with Crippen LogP contribution in [0.1, 0.15) is 38.2 Å². The highest BCUT2D eigenvalue weighted by Crippen LogP contribution is 2.26. The first-order chi connectivity index (χ1) is 13.4. The second-order valence-electron chi connectivity index (χ2n) is 7.17. The summed E-state index contributed by atoms with van der Waals surface area (Å²) < 4.78 is 32.5. The van der Waals surface area contributed by atoms with Crippen molar-refractivity contribution in [3.05, 3.63) is 54.1 Å². The predicted molar refractivity (Wildman–Crippen MR) is 109 cm³/mol. The van der Waals surface area contributed by atoms with E-state index in [1.54, 1.807) is 18.2 Å². The Hall–Kier alpha value is -2.38. The van der Waals surface area contributed by atoms with Crippen molar-refractivity contribution in [3.63, 3.8) is 0 Å². The Morgan fingerprint density at radius 1 is 1.11 bits per heavy atom. The molecule has 2 aromatic rings. The van der Waals surface area contributed by atoms with Crippen molar-refractivity contribution in [1.82, 2.24) is 4.31 Å². The molecule has 0 aromatic heterocycles. The lowest BCUT2D eigenvalue weighted by atomic mass is 10.0. The van der Waals surface area contributed by atoms with Gasteiger partial charge in [-0.2, -0.15) is 4.31 Å². The van der Waals surface area contributed by atoms with Crippen LogP contribution in [-0.4, -0.2) is 38.3 Å². The summed E-state index contributed by atoms with van der Waals surface area (Å²) in [5, 5.41) is 2.72. The Morgan fingerprint density at radius 2 is 1.82 bits per heavy atom. The quantitative estimate of drug-likeness (QED) is 0.768. The van der Waals surface area contributed by atoms with Crippen LogP contribution in [0.4, 0.5) is 5.69 Å². The molecule has 28 heavy (non-hydrogen) atoms. The van der Waals surface area contributed by atoms with Gasteiger partial charge in [0, 0.05) is 18.8 Å². The highest BCUT2D eigenvalue weighted by atomic mass is 32.2. The van der Waals surface area contributed by atoms with Crippen LogP contribution < -0.4 is 10.1 Å². The van der Waals surface area contributed by atoms with Gasteiger partial charge < -0.3 is 10.1 Å². The van der Waals surface area contributed by atoms with Gasteiger partial charge in [-0.15, -0.1) is 0 Å². The maximum Gasteiger partial charge on any atom is 0.262 e. The molecule has 1 fully saturated rings. The SMILES string of the molecule is CC(C)c1ccccc1OCC(=O)Nc1cccc(S(=O)(=O)N2CCCC2)c1. The van der Waals surface area contributed by atoms with Gasteiger partial charge >= 0.3 is 0 Å². The zero-order valence-electron chi connectivity index (χ0n) is 16.2. The Kier molecular flexibility index (Phi) is 6.36. The average Bonchev–Trinajstić information content (AvgIpc) is 3.22. The predicted octanol–water partition coefficient (Wildman–Crippen LogP) is 3.61. The fourth-order valence-corrected chi connectivity index (χ4v) is 4.80. The molecular weight excluding hydrogens is 376 g/mol. The van der Waals surface area contributed by atoms with Gasteiger partial charge in [0.2, 0.25) is 10.0 Å². The third kappa shape index (κ3) is 4.72. The number of hydrogen-bond donors (Lipinski definition) is 1. The van der Waals surface area contributed by atoms with Crippen LogP contribution in [0.2, 0.25) is 0 Å². The number of nitrogens with zero attached hydrogens (tertiary/aromatic N) is 1. The van der Waals surface area contributed by atoms with E-state index in [9.17, 15) is 13.2 Å². The lowest BCUT2D eigenvalue weighted by Gasteiger charge is -2.16. The maximum absolute atomic E-state index is 12.7. The van der Waals surface area contributed by atoms with E-state index in [1.807, 2.05) is 24.3 Å². The number of carbonyl (C=O) groups is 1. The van der Waals surface area contributed by atoms with Crippen LogP contribution in [0.5, 0.6) is 5.75 Å². The molecule has 7 heteroatoms. The van der Waals surface area contributed by atoms with E-state index >= 15 is 0 Å². The van der Waals surface area contributed by atoms with Crippen molar-refractivity contribution in [2.24, 2.45) is 0 Å². The number of hydrogen-bond acceptors (Lipinski definition) is 4. The molecule has 150 valence electrons. The first kappa shape index (κ1) is 20.4. The fraction of sp³-hybridized carbons (Fsp3) is 0.381. The van der Waals surface area contributed by atoms with Crippen molar-refractivity contribution in [3.8, 4) is 5.75 Å². The molecule has 0 saturated carbocycles. The number of nitrogens with one attached hydrogen (secondary N) is 1. The normalized spacial score (nSPS) is 15.0. The molecule has 1 N–H and O–H groups in total. The number of anilines is 1. The summed E-state index contributed by atoms with van der Waals surface area (Å²) in [4.78, 5) is 12.5. The summed E-state index contributed by atoms with van der Waals surface area (Å²) in [6.07, 6.45) is 1.76. The molecule has 0 atom stereocenters. The minimum absolute atomic E-state index is 0.146. The van der Waals surface area contributed by atoms with Crippen LogP contribution in [0, 0.1) is 0 Å². The van der Waals surface area contributed by atoms with Gasteiger partial charge in [-0.3, -0.25) is 4.79 Å². The van der Waals surface area contributed by atoms with Gasteiger partial charge in [0.15, 0.2) is 6.61 Å². The molecule has 3 rings (SSSR count). The molecular formula is C21H26N2O4S. The average molecular weight is 403 g/mol. The highest BCUT2D eigenvalue weighted by molar-refractivity contribution is 7.89. The maximum atomic E-state index is 12.7. The molecule has 1 saturated heterocycles. The number of amides is 1. The van der Waals surface area contributed by atoms with E-state index in [0.29, 0.717) is 24.5 Å². The van der Waals surface area contributed by atoms with E-state index in [0.717, 1.165) is 18.4 Å². The largest absolute Gasteiger partial charge is 0.483 e. The standard InChI is InChI=1S/C21H26N2O4S/c1-16(2)19-10-3-4-11-20(19)27-15-21(24)22-17-8-7-9-18(14-17)28(25,26)23-12-5-6-13-23/h3-4,7-11,14,16H,5-6,12-13,15H2,1-2H3,(H,22,24). The zero-order valence-corrected chi connectivity index (χ0v) is 17.0. The van der Waals surface area contributed by atoms with Crippen molar-refractivity contribution in [1.29, 1.82) is 0 Å². The summed E-state index contributed by atoms with van der Waals surface area (Å²) in [6, 6.07) is 14.0. The van der Waals surface area contributed by atoms with Gasteiger partial charge in [0.05, 0.1) is 4.90 Å². The molecule has 1 heterocycles. The molecule has 2 aromatic carbocycles. The minimum Gasteiger partial charge on any atom is -0.483 e. The third-order valence-corrected chi connectivity index (χ3v) is 6.62. The number of ether oxygens (including phenoxy) is 1. The van der Waals surface area contributed by atoms with Crippen molar-refractivity contribution >= 4 is 21.6 Å². The van der Waals surface area contributed by atoms with E-state index in [-0.39, 0.29) is 23.3 Å². The molecule has 0 spiro atoms. The molecule has 0 aliphatic carbocycles. The lowest BCUT2D eigenvalue weighted by Crippen LogP contribution is -2.28. The molecule has 0 unspecified atom stereocenters. The van der Waals surface area contributed by atoms with E-state index in [2.05, 4.69) is 19.2 Å². The fourth-order valence-electron chi connectivity index (χ4n) is 3.24. The third-order valence-electron chi connectivity index (χ3n) is 4.72. The molecule has 0 bridgehead atoms. The van der Waals surface area contributed by atoms with E-state index in [1.165, 1.54) is 10.4 Å².